The van der Waals surface area contributed by atoms with E-state index in [2.05, 4.69) is 6.92 Å². The summed E-state index contributed by atoms with van der Waals surface area (Å²) >= 11 is 0. The summed E-state index contributed by atoms with van der Waals surface area (Å²) in [5, 5.41) is 0. The monoisotopic (exact) mass is 182 g/mol. The normalized spacial score (nSPS) is 58.2. The average Bonchev–Trinajstić information content (AvgIpc) is 2.63. The summed E-state index contributed by atoms with van der Waals surface area (Å²) in [6.07, 6.45) is 2.20. The topological polar surface area (TPSA) is 35.5 Å². The summed E-state index contributed by atoms with van der Waals surface area (Å²) in [7, 11) is 0. The Morgan fingerprint density at radius 3 is 2.92 bits per heavy atom. The van der Waals surface area contributed by atoms with Crippen LogP contribution in [0.4, 0.5) is 0 Å². The lowest BCUT2D eigenvalue weighted by Crippen LogP contribution is -2.43. The zero-order valence-electron chi connectivity index (χ0n) is 8.00. The molecule has 3 heterocycles. The molecule has 0 radical (unpaired) electrons. The second-order valence-corrected chi connectivity index (χ2v) is 4.89. The van der Waals surface area contributed by atoms with Crippen LogP contribution >= 0.6 is 0 Å². The van der Waals surface area contributed by atoms with Crippen LogP contribution < -0.4 is 0 Å². The lowest BCUT2D eigenvalue weighted by atomic mass is 9.65. The van der Waals surface area contributed by atoms with E-state index in [0.29, 0.717) is 6.61 Å². The van der Waals surface area contributed by atoms with E-state index in [0.717, 1.165) is 12.8 Å². The van der Waals surface area contributed by atoms with Gasteiger partial charge in [-0.3, -0.25) is 4.79 Å². The summed E-state index contributed by atoms with van der Waals surface area (Å²) in [5.41, 5.74) is -0.432. The summed E-state index contributed by atoms with van der Waals surface area (Å²) in [5.74, 6) is 0.233. The molecule has 0 saturated carbocycles. The maximum absolute atomic E-state index is 11.6. The van der Waals surface area contributed by atoms with E-state index in [-0.39, 0.29) is 29.0 Å². The molecule has 3 rings (SSSR count). The largest absolute Gasteiger partial charge is 0.465 e. The maximum atomic E-state index is 11.6. The molecule has 0 aromatic heterocycles. The number of fused-ring (bicyclic) bond motifs is 5. The Bertz CT molecular complexity index is 288. The molecule has 0 unspecified atom stereocenters. The number of rotatable bonds is 0. The van der Waals surface area contributed by atoms with Gasteiger partial charge in [-0.2, -0.15) is 0 Å². The van der Waals surface area contributed by atoms with Gasteiger partial charge in [0, 0.05) is 5.92 Å². The van der Waals surface area contributed by atoms with Gasteiger partial charge >= 0.3 is 5.97 Å². The van der Waals surface area contributed by atoms with Crippen LogP contribution in [-0.4, -0.2) is 24.3 Å². The minimum absolute atomic E-state index is 0.0501. The van der Waals surface area contributed by atoms with E-state index in [1.54, 1.807) is 0 Å². The molecule has 0 amide bonds. The third-order valence-electron chi connectivity index (χ3n) is 4.27. The molecule has 3 aliphatic rings. The van der Waals surface area contributed by atoms with E-state index >= 15 is 0 Å². The molecule has 3 fully saturated rings. The van der Waals surface area contributed by atoms with Crippen molar-refractivity contribution in [2.24, 2.45) is 11.3 Å². The lowest BCUT2D eigenvalue weighted by molar-refractivity contribution is -0.149. The fourth-order valence-electron chi connectivity index (χ4n) is 3.34. The fourth-order valence-corrected chi connectivity index (χ4v) is 3.34. The first kappa shape index (κ1) is 7.80. The van der Waals surface area contributed by atoms with Crippen molar-refractivity contribution in [2.45, 2.75) is 38.4 Å². The van der Waals surface area contributed by atoms with Crippen molar-refractivity contribution in [1.29, 1.82) is 0 Å². The molecule has 0 aliphatic carbocycles. The molecule has 0 N–H and O–H groups in total. The molecule has 0 spiro atoms. The van der Waals surface area contributed by atoms with Crippen LogP contribution in [0.25, 0.3) is 0 Å². The van der Waals surface area contributed by atoms with Crippen LogP contribution in [0.2, 0.25) is 0 Å². The third-order valence-corrected chi connectivity index (χ3v) is 4.27. The van der Waals surface area contributed by atoms with Crippen LogP contribution in [-0.2, 0) is 14.3 Å². The van der Waals surface area contributed by atoms with Crippen molar-refractivity contribution in [3.05, 3.63) is 0 Å². The Labute approximate surface area is 77.4 Å². The first-order chi connectivity index (χ1) is 6.07. The zero-order chi connectivity index (χ0) is 9.27. The van der Waals surface area contributed by atoms with Crippen LogP contribution in [0, 0.1) is 11.3 Å². The molecule has 4 atom stereocenters. The highest BCUT2D eigenvalue weighted by Crippen LogP contribution is 2.60. The van der Waals surface area contributed by atoms with Gasteiger partial charge in [-0.05, 0) is 26.7 Å². The molecule has 3 nitrogen and oxygen atoms in total. The number of hydrogen-bond acceptors (Lipinski definition) is 3. The standard InChI is InChI=1S/C10H14O3/c1-9-4-3-7(13-9)10(2)6(9)5-12-8(10)11/h6-7H,3-5H2,1-2H3/t6-,7+,9+,10-/m0/s1. The molecule has 3 heteroatoms. The van der Waals surface area contributed by atoms with Gasteiger partial charge in [-0.25, -0.2) is 0 Å². The second kappa shape index (κ2) is 1.92. The minimum Gasteiger partial charge on any atom is -0.465 e. The summed E-state index contributed by atoms with van der Waals surface area (Å²) < 4.78 is 11.0. The second-order valence-electron chi connectivity index (χ2n) is 4.89. The van der Waals surface area contributed by atoms with E-state index in [1.807, 2.05) is 6.92 Å². The highest BCUT2D eigenvalue weighted by atomic mass is 16.6. The molecule has 0 aromatic rings. The number of ether oxygens (including phenoxy) is 2. The molecule has 2 bridgehead atoms. The molecule has 72 valence electrons. The summed E-state index contributed by atoms with van der Waals surface area (Å²) in [4.78, 5) is 11.6. The third kappa shape index (κ3) is 0.654. The Morgan fingerprint density at radius 1 is 1.46 bits per heavy atom. The van der Waals surface area contributed by atoms with Crippen LogP contribution in [0.1, 0.15) is 26.7 Å². The predicted octanol–water partition coefficient (Wildman–Crippen LogP) is 1.12. The van der Waals surface area contributed by atoms with Crippen LogP contribution in [0.15, 0.2) is 0 Å². The molecule has 0 aromatic carbocycles. The van der Waals surface area contributed by atoms with Gasteiger partial charge < -0.3 is 9.47 Å². The van der Waals surface area contributed by atoms with Gasteiger partial charge in [0.25, 0.3) is 0 Å². The SMILES string of the molecule is C[C@]12C(=O)OC[C@H]1[C@@]1(C)CC[C@H]2O1. The Morgan fingerprint density at radius 2 is 2.23 bits per heavy atom. The minimum atomic E-state index is -0.340. The lowest BCUT2D eigenvalue weighted by Gasteiger charge is -2.31. The Balaban J connectivity index is 2.10. The van der Waals surface area contributed by atoms with Crippen LogP contribution in [0.5, 0.6) is 0 Å². The number of cyclic esters (lactones) is 1. The number of carbonyl (C=O) groups is 1. The first-order valence-corrected chi connectivity index (χ1v) is 4.92. The van der Waals surface area contributed by atoms with Gasteiger partial charge in [-0.15, -0.1) is 0 Å². The van der Waals surface area contributed by atoms with Gasteiger partial charge in [0.1, 0.15) is 5.41 Å². The number of carbonyl (C=O) groups excluding carboxylic acids is 1. The van der Waals surface area contributed by atoms with Gasteiger partial charge in [0.2, 0.25) is 0 Å². The molecular weight excluding hydrogens is 168 g/mol. The van der Waals surface area contributed by atoms with Crippen LogP contribution in [0.3, 0.4) is 0 Å². The molecule has 3 saturated heterocycles. The predicted molar refractivity (Wildman–Crippen MR) is 45.1 cm³/mol. The highest BCUT2D eigenvalue weighted by molar-refractivity contribution is 5.80. The molecule has 13 heavy (non-hydrogen) atoms. The zero-order valence-corrected chi connectivity index (χ0v) is 8.00. The summed E-state index contributed by atoms with van der Waals surface area (Å²) in [6, 6.07) is 0. The van der Waals surface area contributed by atoms with E-state index in [1.165, 1.54) is 0 Å². The highest BCUT2D eigenvalue weighted by Gasteiger charge is 2.70. The number of hydrogen-bond donors (Lipinski definition) is 0. The van der Waals surface area contributed by atoms with Crippen molar-refractivity contribution < 1.29 is 14.3 Å². The van der Waals surface area contributed by atoms with Crippen molar-refractivity contribution >= 4 is 5.97 Å². The number of esters is 1. The Kier molecular flexibility index (Phi) is 1.15. The van der Waals surface area contributed by atoms with Gasteiger partial charge in [0.05, 0.1) is 18.3 Å². The smallest absolute Gasteiger partial charge is 0.314 e. The molecular formula is C10H14O3. The summed E-state index contributed by atoms with van der Waals surface area (Å²) in [6.45, 7) is 4.68. The van der Waals surface area contributed by atoms with Gasteiger partial charge in [-0.1, -0.05) is 0 Å². The Hall–Kier alpha value is -0.570. The maximum Gasteiger partial charge on any atom is 0.314 e. The average molecular weight is 182 g/mol. The quantitative estimate of drug-likeness (QED) is 0.526. The van der Waals surface area contributed by atoms with Crippen molar-refractivity contribution in [3.8, 4) is 0 Å². The van der Waals surface area contributed by atoms with E-state index in [4.69, 9.17) is 9.47 Å². The van der Waals surface area contributed by atoms with Crippen molar-refractivity contribution in [1.82, 2.24) is 0 Å². The first-order valence-electron chi connectivity index (χ1n) is 4.92. The van der Waals surface area contributed by atoms with Gasteiger partial charge in [0.15, 0.2) is 0 Å². The molecule has 3 aliphatic heterocycles. The van der Waals surface area contributed by atoms with Crippen molar-refractivity contribution in [2.75, 3.05) is 6.61 Å². The van der Waals surface area contributed by atoms with Crippen molar-refractivity contribution in [3.63, 3.8) is 0 Å². The fraction of sp³-hybridized carbons (Fsp3) is 0.900. The van der Waals surface area contributed by atoms with E-state index in [9.17, 15) is 4.79 Å². The van der Waals surface area contributed by atoms with E-state index < -0.39 is 0 Å².